The quantitative estimate of drug-likeness (QED) is 0.444. The summed E-state index contributed by atoms with van der Waals surface area (Å²) < 4.78 is 1.87. The number of benzene rings is 3. The van der Waals surface area contributed by atoms with Crippen LogP contribution in [-0.4, -0.2) is 26.1 Å². The SMILES string of the molecule is Cc1nc2c(c(=O)n1C(c1ccccc1)c1ccccc1)CN(Cc1ccc(C(C)O)cc1)CC2. The predicted molar refractivity (Wildman–Crippen MR) is 138 cm³/mol. The zero-order chi connectivity index (χ0) is 24.4. The average molecular weight is 466 g/mol. The third kappa shape index (κ3) is 4.83. The van der Waals surface area contributed by atoms with Gasteiger partial charge in [0.2, 0.25) is 0 Å². The lowest BCUT2D eigenvalue weighted by Crippen LogP contribution is -2.40. The molecular weight excluding hydrogens is 434 g/mol. The van der Waals surface area contributed by atoms with Gasteiger partial charge in [-0.15, -0.1) is 0 Å². The van der Waals surface area contributed by atoms with Gasteiger partial charge in [0.1, 0.15) is 5.82 Å². The fourth-order valence-corrected chi connectivity index (χ4v) is 5.02. The number of hydrogen-bond donors (Lipinski definition) is 1. The summed E-state index contributed by atoms with van der Waals surface area (Å²) in [6.07, 6.45) is 0.292. The number of aryl methyl sites for hydroxylation is 1. The summed E-state index contributed by atoms with van der Waals surface area (Å²) in [5.41, 5.74) is 5.97. The second-order valence-electron chi connectivity index (χ2n) is 9.36. The Kier molecular flexibility index (Phi) is 6.62. The number of aliphatic hydroxyl groups is 1. The summed E-state index contributed by atoms with van der Waals surface area (Å²) >= 11 is 0. The van der Waals surface area contributed by atoms with Crippen molar-refractivity contribution in [2.75, 3.05) is 6.54 Å². The molecule has 5 nitrogen and oxygen atoms in total. The van der Waals surface area contributed by atoms with E-state index in [1.165, 1.54) is 5.56 Å². The van der Waals surface area contributed by atoms with Crippen LogP contribution in [0.2, 0.25) is 0 Å². The Labute approximate surface area is 206 Å². The van der Waals surface area contributed by atoms with Gasteiger partial charge in [-0.3, -0.25) is 14.3 Å². The molecule has 0 fully saturated rings. The molecule has 3 aromatic carbocycles. The first kappa shape index (κ1) is 23.2. The molecule has 5 rings (SSSR count). The molecule has 5 heteroatoms. The molecule has 0 amide bonds. The van der Waals surface area contributed by atoms with Gasteiger partial charge < -0.3 is 5.11 Å². The van der Waals surface area contributed by atoms with Gasteiger partial charge >= 0.3 is 0 Å². The Bertz CT molecular complexity index is 1310. The van der Waals surface area contributed by atoms with Crippen LogP contribution in [0.15, 0.2) is 89.7 Å². The minimum Gasteiger partial charge on any atom is -0.389 e. The number of nitrogens with zero attached hydrogens (tertiary/aromatic N) is 3. The van der Waals surface area contributed by atoms with E-state index in [1.54, 1.807) is 6.92 Å². The number of aromatic nitrogens is 2. The van der Waals surface area contributed by atoms with E-state index in [2.05, 4.69) is 41.3 Å². The van der Waals surface area contributed by atoms with Crippen LogP contribution in [0.5, 0.6) is 0 Å². The third-order valence-electron chi connectivity index (χ3n) is 6.87. The minimum atomic E-state index is -0.471. The summed E-state index contributed by atoms with van der Waals surface area (Å²) in [5.74, 6) is 0.744. The highest BCUT2D eigenvalue weighted by Gasteiger charge is 2.27. The Morgan fingerprint density at radius 1 is 0.886 bits per heavy atom. The Hall–Kier alpha value is -3.54. The van der Waals surface area contributed by atoms with Crippen molar-refractivity contribution in [3.8, 4) is 0 Å². The highest BCUT2D eigenvalue weighted by Crippen LogP contribution is 2.27. The van der Waals surface area contributed by atoms with Gasteiger partial charge in [-0.2, -0.15) is 0 Å². The summed E-state index contributed by atoms with van der Waals surface area (Å²) in [4.78, 5) is 21.2. The van der Waals surface area contributed by atoms with Gasteiger partial charge in [-0.1, -0.05) is 84.9 Å². The molecule has 35 heavy (non-hydrogen) atoms. The first-order valence-electron chi connectivity index (χ1n) is 12.2. The molecule has 0 bridgehead atoms. The van der Waals surface area contributed by atoms with Gasteiger partial charge in [0.15, 0.2) is 0 Å². The van der Waals surface area contributed by atoms with E-state index in [1.807, 2.05) is 60.0 Å². The molecule has 178 valence electrons. The van der Waals surface area contributed by atoms with E-state index in [4.69, 9.17) is 4.98 Å². The zero-order valence-corrected chi connectivity index (χ0v) is 20.3. The average Bonchev–Trinajstić information content (AvgIpc) is 2.88. The Morgan fingerprint density at radius 3 is 2.06 bits per heavy atom. The van der Waals surface area contributed by atoms with Gasteiger partial charge in [0.05, 0.1) is 23.4 Å². The second kappa shape index (κ2) is 9.98. The molecule has 1 unspecified atom stereocenters. The summed E-state index contributed by atoms with van der Waals surface area (Å²) in [6.45, 7) is 5.91. The topological polar surface area (TPSA) is 58.4 Å². The van der Waals surface area contributed by atoms with Crippen molar-refractivity contribution in [1.82, 2.24) is 14.5 Å². The van der Waals surface area contributed by atoms with Crippen molar-refractivity contribution in [3.63, 3.8) is 0 Å². The highest BCUT2D eigenvalue weighted by molar-refractivity contribution is 5.35. The Balaban J connectivity index is 1.50. The molecule has 0 aliphatic carbocycles. The smallest absolute Gasteiger partial charge is 0.259 e. The van der Waals surface area contributed by atoms with Crippen molar-refractivity contribution < 1.29 is 5.11 Å². The second-order valence-corrected chi connectivity index (χ2v) is 9.36. The molecule has 1 atom stereocenters. The number of rotatable bonds is 6. The molecule has 2 heterocycles. The van der Waals surface area contributed by atoms with E-state index < -0.39 is 6.10 Å². The van der Waals surface area contributed by atoms with E-state index >= 15 is 0 Å². The van der Waals surface area contributed by atoms with E-state index in [0.29, 0.717) is 6.54 Å². The summed E-state index contributed by atoms with van der Waals surface area (Å²) in [7, 11) is 0. The maximum Gasteiger partial charge on any atom is 0.259 e. The zero-order valence-electron chi connectivity index (χ0n) is 20.3. The molecule has 0 spiro atoms. The van der Waals surface area contributed by atoms with Crippen LogP contribution in [0.25, 0.3) is 0 Å². The maximum atomic E-state index is 14.0. The first-order valence-corrected chi connectivity index (χ1v) is 12.2. The lowest BCUT2D eigenvalue weighted by atomic mass is 9.97. The van der Waals surface area contributed by atoms with Crippen LogP contribution in [0.4, 0.5) is 0 Å². The van der Waals surface area contributed by atoms with Crippen molar-refractivity contribution in [2.24, 2.45) is 0 Å². The monoisotopic (exact) mass is 465 g/mol. The fourth-order valence-electron chi connectivity index (χ4n) is 5.02. The van der Waals surface area contributed by atoms with Crippen LogP contribution in [0.3, 0.4) is 0 Å². The maximum absolute atomic E-state index is 14.0. The summed E-state index contributed by atoms with van der Waals surface area (Å²) in [5, 5.41) is 9.78. The molecule has 1 aliphatic heterocycles. The lowest BCUT2D eigenvalue weighted by molar-refractivity contribution is 0.199. The molecule has 0 saturated carbocycles. The molecule has 1 N–H and O–H groups in total. The summed E-state index contributed by atoms with van der Waals surface area (Å²) in [6, 6.07) is 28.2. The molecular formula is C30H31N3O2. The lowest BCUT2D eigenvalue weighted by Gasteiger charge is -2.30. The van der Waals surface area contributed by atoms with Gasteiger partial charge in [0.25, 0.3) is 5.56 Å². The van der Waals surface area contributed by atoms with Crippen molar-refractivity contribution in [2.45, 2.75) is 45.5 Å². The van der Waals surface area contributed by atoms with Crippen molar-refractivity contribution in [3.05, 3.63) is 135 Å². The van der Waals surface area contributed by atoms with Crippen molar-refractivity contribution in [1.29, 1.82) is 0 Å². The van der Waals surface area contributed by atoms with E-state index in [9.17, 15) is 9.90 Å². The normalized spacial score (nSPS) is 14.6. The van der Waals surface area contributed by atoms with Gasteiger partial charge in [-0.25, -0.2) is 4.98 Å². The molecule has 4 aromatic rings. The minimum absolute atomic E-state index is 0.0411. The molecule has 0 saturated heterocycles. The van der Waals surface area contributed by atoms with Gasteiger partial charge in [-0.05, 0) is 36.1 Å². The third-order valence-corrected chi connectivity index (χ3v) is 6.87. The van der Waals surface area contributed by atoms with Crippen LogP contribution in [-0.2, 0) is 19.5 Å². The van der Waals surface area contributed by atoms with Crippen LogP contribution in [0.1, 0.15) is 58.4 Å². The van der Waals surface area contributed by atoms with E-state index in [0.717, 1.165) is 53.3 Å². The Morgan fingerprint density at radius 2 is 1.49 bits per heavy atom. The first-order chi connectivity index (χ1) is 17.0. The number of aliphatic hydroxyl groups excluding tert-OH is 1. The van der Waals surface area contributed by atoms with Crippen LogP contribution in [0, 0.1) is 6.92 Å². The van der Waals surface area contributed by atoms with Gasteiger partial charge in [0, 0.05) is 26.1 Å². The standard InChI is InChI=1S/C30H31N3O2/c1-21(34)24-15-13-23(14-16-24)19-32-18-17-28-27(20-32)30(35)33(22(2)31-28)29(25-9-5-3-6-10-25)26-11-7-4-8-12-26/h3-16,21,29,34H,17-20H2,1-2H3. The van der Waals surface area contributed by atoms with E-state index in [-0.39, 0.29) is 11.6 Å². The largest absolute Gasteiger partial charge is 0.389 e. The fraction of sp³-hybridized carbons (Fsp3) is 0.267. The molecule has 0 radical (unpaired) electrons. The molecule has 1 aliphatic rings. The highest BCUT2D eigenvalue weighted by atomic mass is 16.3. The number of hydrogen-bond acceptors (Lipinski definition) is 4. The van der Waals surface area contributed by atoms with Crippen LogP contribution < -0.4 is 5.56 Å². The predicted octanol–water partition coefficient (Wildman–Crippen LogP) is 4.80. The number of fused-ring (bicyclic) bond motifs is 1. The van der Waals surface area contributed by atoms with Crippen LogP contribution >= 0.6 is 0 Å². The molecule has 1 aromatic heterocycles. The van der Waals surface area contributed by atoms with Crippen molar-refractivity contribution >= 4 is 0 Å².